The molecule has 3 rings (SSSR count). The minimum Gasteiger partial charge on any atom is -0.300 e. The van der Waals surface area contributed by atoms with Crippen molar-refractivity contribution in [1.82, 2.24) is 5.32 Å². The van der Waals surface area contributed by atoms with Crippen LogP contribution in [0.2, 0.25) is 10.0 Å². The Morgan fingerprint density at radius 3 is 2.59 bits per heavy atom. The van der Waals surface area contributed by atoms with Crippen LogP contribution in [0.3, 0.4) is 0 Å². The van der Waals surface area contributed by atoms with E-state index < -0.39 is 0 Å². The van der Waals surface area contributed by atoms with Gasteiger partial charge in [-0.05, 0) is 41.6 Å². The zero-order chi connectivity index (χ0) is 15.5. The van der Waals surface area contributed by atoms with Crippen LogP contribution >= 0.6 is 35.0 Å². The van der Waals surface area contributed by atoms with Gasteiger partial charge in [0.1, 0.15) is 0 Å². The van der Waals surface area contributed by atoms with Crippen LogP contribution in [-0.2, 0) is 4.79 Å². The first-order valence-corrected chi connectivity index (χ1v) is 7.99. The third kappa shape index (κ3) is 3.53. The van der Waals surface area contributed by atoms with Crippen molar-refractivity contribution in [1.29, 1.82) is 0 Å². The van der Waals surface area contributed by atoms with Crippen molar-refractivity contribution >= 4 is 57.8 Å². The topological polar surface area (TPSA) is 41.5 Å². The highest BCUT2D eigenvalue weighted by Gasteiger charge is 2.23. The van der Waals surface area contributed by atoms with Crippen LogP contribution in [0, 0.1) is 0 Å². The molecule has 0 spiro atoms. The monoisotopic (exact) mass is 348 g/mol. The van der Waals surface area contributed by atoms with Crippen LogP contribution in [0.5, 0.6) is 0 Å². The van der Waals surface area contributed by atoms with E-state index in [1.54, 1.807) is 18.2 Å². The lowest BCUT2D eigenvalue weighted by atomic mass is 10.2. The van der Waals surface area contributed by atoms with Gasteiger partial charge in [0.15, 0.2) is 5.17 Å². The largest absolute Gasteiger partial charge is 0.300 e. The fraction of sp³-hybridized carbons (Fsp3) is 0. The number of halogens is 2. The number of hydrogen-bond donors (Lipinski definition) is 1. The summed E-state index contributed by atoms with van der Waals surface area (Å²) in [6.45, 7) is 0. The smallest absolute Gasteiger partial charge is 0.264 e. The lowest BCUT2D eigenvalue weighted by Crippen LogP contribution is -2.19. The molecule has 110 valence electrons. The second-order valence-corrected chi connectivity index (χ2v) is 6.36. The molecule has 0 radical (unpaired) electrons. The third-order valence-electron chi connectivity index (χ3n) is 2.88. The number of rotatable bonds is 2. The lowest BCUT2D eigenvalue weighted by molar-refractivity contribution is -0.115. The lowest BCUT2D eigenvalue weighted by Gasteiger charge is -1.99. The maximum absolute atomic E-state index is 12.0. The van der Waals surface area contributed by atoms with Gasteiger partial charge in [-0.15, -0.1) is 0 Å². The highest BCUT2D eigenvalue weighted by atomic mass is 35.5. The van der Waals surface area contributed by atoms with Crippen molar-refractivity contribution in [2.75, 3.05) is 0 Å². The molecule has 6 heteroatoms. The maximum atomic E-state index is 12.0. The van der Waals surface area contributed by atoms with Gasteiger partial charge in [-0.2, -0.15) is 0 Å². The van der Waals surface area contributed by atoms with Crippen molar-refractivity contribution in [3.8, 4) is 0 Å². The highest BCUT2D eigenvalue weighted by Crippen LogP contribution is 2.32. The van der Waals surface area contributed by atoms with Gasteiger partial charge in [-0.1, -0.05) is 53.5 Å². The molecule has 1 N–H and O–H groups in total. The Morgan fingerprint density at radius 1 is 1.09 bits per heavy atom. The second kappa shape index (κ2) is 6.57. The van der Waals surface area contributed by atoms with Gasteiger partial charge in [-0.25, -0.2) is 4.99 Å². The molecule has 3 nitrogen and oxygen atoms in total. The van der Waals surface area contributed by atoms with Gasteiger partial charge in [-0.3, -0.25) is 4.79 Å². The van der Waals surface area contributed by atoms with Crippen LogP contribution in [0.25, 0.3) is 6.08 Å². The summed E-state index contributed by atoms with van der Waals surface area (Å²) in [7, 11) is 0. The molecule has 0 aromatic heterocycles. The predicted molar refractivity (Wildman–Crippen MR) is 93.7 cm³/mol. The van der Waals surface area contributed by atoms with E-state index in [0.717, 1.165) is 5.56 Å². The number of aliphatic imine (C=N–C) groups is 1. The van der Waals surface area contributed by atoms with Crippen molar-refractivity contribution in [2.45, 2.75) is 0 Å². The Hall–Kier alpha value is -1.75. The molecule has 1 aliphatic heterocycles. The molecule has 0 saturated carbocycles. The average molecular weight is 349 g/mol. The molecule has 1 fully saturated rings. The quantitative estimate of drug-likeness (QED) is 0.785. The molecular formula is C16H10Cl2N2OS. The number of hydrogen-bond acceptors (Lipinski definition) is 3. The second-order valence-electron chi connectivity index (χ2n) is 4.49. The van der Waals surface area contributed by atoms with Crippen LogP contribution < -0.4 is 5.32 Å². The first kappa shape index (κ1) is 15.2. The predicted octanol–water partition coefficient (Wildman–Crippen LogP) is 4.89. The summed E-state index contributed by atoms with van der Waals surface area (Å²) in [5.41, 5.74) is 1.53. The Labute approximate surface area is 142 Å². The molecule has 1 aliphatic rings. The number of carbonyl (C=O) groups excluding carboxylic acids is 1. The summed E-state index contributed by atoms with van der Waals surface area (Å²) in [5.74, 6) is -0.169. The molecule has 1 heterocycles. The summed E-state index contributed by atoms with van der Waals surface area (Å²) in [5, 5.41) is 4.21. The molecule has 22 heavy (non-hydrogen) atoms. The minimum absolute atomic E-state index is 0.169. The van der Waals surface area contributed by atoms with Crippen molar-refractivity contribution in [2.24, 2.45) is 4.99 Å². The number of carbonyl (C=O) groups is 1. The summed E-state index contributed by atoms with van der Waals surface area (Å²) >= 11 is 13.2. The fourth-order valence-corrected chi connectivity index (χ4v) is 3.15. The number of nitrogens with one attached hydrogen (secondary N) is 1. The van der Waals surface area contributed by atoms with E-state index in [9.17, 15) is 4.79 Å². The molecule has 0 aliphatic carbocycles. The number of nitrogens with zero attached hydrogens (tertiary/aromatic N) is 1. The van der Waals surface area contributed by atoms with Crippen LogP contribution in [0.15, 0.2) is 58.4 Å². The van der Waals surface area contributed by atoms with E-state index in [1.165, 1.54) is 11.8 Å². The SMILES string of the molecule is O=C1NC(=Nc2ccc(Cl)cc2Cl)S/C1=C\c1ccccc1. The minimum atomic E-state index is -0.169. The van der Waals surface area contributed by atoms with E-state index in [2.05, 4.69) is 10.3 Å². The number of thioether (sulfide) groups is 1. The number of benzene rings is 2. The maximum Gasteiger partial charge on any atom is 0.264 e. The number of amides is 1. The molecule has 1 amide bonds. The Bertz CT molecular complexity index is 788. The van der Waals surface area contributed by atoms with Gasteiger partial charge in [0, 0.05) is 5.02 Å². The first-order chi connectivity index (χ1) is 10.6. The molecular weight excluding hydrogens is 339 g/mol. The van der Waals surface area contributed by atoms with Gasteiger partial charge < -0.3 is 5.32 Å². The van der Waals surface area contributed by atoms with E-state index >= 15 is 0 Å². The third-order valence-corrected chi connectivity index (χ3v) is 4.33. The standard InChI is InChI=1S/C16H10Cl2N2OS/c17-11-6-7-13(12(18)9-11)19-16-20-15(21)14(22-16)8-10-4-2-1-3-5-10/h1-9H,(H,19,20,21)/b14-8-. The molecule has 2 aromatic carbocycles. The Balaban J connectivity index is 1.85. The van der Waals surface area contributed by atoms with Gasteiger partial charge in [0.2, 0.25) is 0 Å². The number of amidine groups is 1. The summed E-state index contributed by atoms with van der Waals surface area (Å²) < 4.78 is 0. The van der Waals surface area contributed by atoms with E-state index in [0.29, 0.717) is 25.8 Å². The molecule has 0 bridgehead atoms. The van der Waals surface area contributed by atoms with Gasteiger partial charge >= 0.3 is 0 Å². The summed E-state index contributed by atoms with van der Waals surface area (Å²) in [4.78, 5) is 16.9. The van der Waals surface area contributed by atoms with E-state index in [1.807, 2.05) is 36.4 Å². The fourth-order valence-electron chi connectivity index (χ4n) is 1.86. The van der Waals surface area contributed by atoms with E-state index in [4.69, 9.17) is 23.2 Å². The summed E-state index contributed by atoms with van der Waals surface area (Å²) in [6, 6.07) is 14.7. The van der Waals surface area contributed by atoms with Crippen molar-refractivity contribution < 1.29 is 4.79 Å². The van der Waals surface area contributed by atoms with Gasteiger partial charge in [0.25, 0.3) is 5.91 Å². The van der Waals surface area contributed by atoms with Crippen LogP contribution in [-0.4, -0.2) is 11.1 Å². The van der Waals surface area contributed by atoms with Gasteiger partial charge in [0.05, 0.1) is 15.6 Å². The Kier molecular flexibility index (Phi) is 4.52. The Morgan fingerprint density at radius 2 is 1.86 bits per heavy atom. The summed E-state index contributed by atoms with van der Waals surface area (Å²) in [6.07, 6.45) is 1.83. The van der Waals surface area contributed by atoms with Crippen LogP contribution in [0.1, 0.15) is 5.56 Å². The average Bonchev–Trinajstić information content (AvgIpc) is 2.83. The zero-order valence-electron chi connectivity index (χ0n) is 11.2. The normalized spacial score (nSPS) is 18.0. The van der Waals surface area contributed by atoms with Crippen LogP contribution in [0.4, 0.5) is 5.69 Å². The molecule has 1 saturated heterocycles. The van der Waals surface area contributed by atoms with E-state index in [-0.39, 0.29) is 5.91 Å². The molecule has 0 unspecified atom stereocenters. The van der Waals surface area contributed by atoms with Crippen molar-refractivity contribution in [3.63, 3.8) is 0 Å². The highest BCUT2D eigenvalue weighted by molar-refractivity contribution is 8.18. The first-order valence-electron chi connectivity index (χ1n) is 6.41. The zero-order valence-corrected chi connectivity index (χ0v) is 13.5. The molecule has 0 atom stereocenters. The molecule has 2 aromatic rings. The van der Waals surface area contributed by atoms with Crippen molar-refractivity contribution in [3.05, 3.63) is 69.0 Å².